The molecule has 4 nitrogen and oxygen atoms in total. The third kappa shape index (κ3) is 3.81. The van der Waals surface area contributed by atoms with E-state index in [0.717, 1.165) is 49.4 Å². The van der Waals surface area contributed by atoms with Crippen LogP contribution in [0, 0.1) is 0 Å². The minimum atomic E-state index is -4.34. The van der Waals surface area contributed by atoms with Crippen LogP contribution in [0.25, 0.3) is 22.3 Å². The molecule has 0 amide bonds. The Kier molecular flexibility index (Phi) is 4.78. The number of rotatable bonds is 3. The fourth-order valence-electron chi connectivity index (χ4n) is 4.18. The monoisotopic (exact) mass is 422 g/mol. The van der Waals surface area contributed by atoms with E-state index >= 15 is 0 Å². The van der Waals surface area contributed by atoms with Gasteiger partial charge in [-0.1, -0.05) is 30.3 Å². The summed E-state index contributed by atoms with van der Waals surface area (Å²) in [5.41, 5.74) is 4.44. The first kappa shape index (κ1) is 19.8. The van der Waals surface area contributed by atoms with Crippen molar-refractivity contribution in [1.82, 2.24) is 19.4 Å². The highest BCUT2D eigenvalue weighted by atomic mass is 19.4. The van der Waals surface area contributed by atoms with Gasteiger partial charge in [-0.3, -0.25) is 4.90 Å². The minimum absolute atomic E-state index is 0.467. The number of benzene rings is 2. The number of fused-ring (bicyclic) bond motifs is 2. The van der Waals surface area contributed by atoms with E-state index in [1.54, 1.807) is 0 Å². The molecule has 0 N–H and O–H groups in total. The lowest BCUT2D eigenvalue weighted by Gasteiger charge is -2.28. The number of aryl methyl sites for hydroxylation is 1. The van der Waals surface area contributed by atoms with Crippen LogP contribution in [0.2, 0.25) is 0 Å². The number of halogens is 3. The molecule has 2 aromatic carbocycles. The van der Waals surface area contributed by atoms with Gasteiger partial charge in [-0.2, -0.15) is 13.2 Å². The van der Waals surface area contributed by atoms with E-state index in [9.17, 15) is 13.2 Å². The van der Waals surface area contributed by atoms with Crippen LogP contribution in [-0.2, 0) is 32.7 Å². The van der Waals surface area contributed by atoms with E-state index < -0.39 is 11.7 Å². The van der Waals surface area contributed by atoms with Crippen molar-refractivity contribution in [2.24, 2.45) is 7.05 Å². The third-order valence-corrected chi connectivity index (χ3v) is 5.92. The number of para-hydroxylation sites is 1. The zero-order valence-corrected chi connectivity index (χ0v) is 17.0. The highest BCUT2D eigenvalue weighted by Crippen LogP contribution is 2.31. The predicted molar refractivity (Wildman–Crippen MR) is 113 cm³/mol. The number of aromatic nitrogens is 3. The highest BCUT2D eigenvalue weighted by Gasteiger charge is 2.30. The molecule has 5 rings (SSSR count). The van der Waals surface area contributed by atoms with Gasteiger partial charge in [-0.05, 0) is 29.7 Å². The summed E-state index contributed by atoms with van der Waals surface area (Å²) in [5.74, 6) is 0.467. The molecule has 158 valence electrons. The number of alkyl halides is 3. The summed E-state index contributed by atoms with van der Waals surface area (Å²) in [6.45, 7) is 2.47. The average Bonchev–Trinajstić information content (AvgIpc) is 3.08. The maximum Gasteiger partial charge on any atom is 0.416 e. The largest absolute Gasteiger partial charge is 0.416 e. The van der Waals surface area contributed by atoms with Gasteiger partial charge >= 0.3 is 6.18 Å². The molecule has 0 saturated heterocycles. The minimum Gasteiger partial charge on any atom is -0.346 e. The van der Waals surface area contributed by atoms with Crippen molar-refractivity contribution in [3.05, 3.63) is 83.3 Å². The lowest BCUT2D eigenvalue weighted by molar-refractivity contribution is -0.137. The van der Waals surface area contributed by atoms with Gasteiger partial charge in [0, 0.05) is 61.6 Å². The SMILES string of the molecule is Cn1c(CN2CCc3nc(-c4ccc(C(F)(F)F)cc4)ncc3C2)cc2ccccc21. The van der Waals surface area contributed by atoms with E-state index in [4.69, 9.17) is 0 Å². The molecule has 4 aromatic rings. The van der Waals surface area contributed by atoms with Crippen LogP contribution in [0.1, 0.15) is 22.5 Å². The van der Waals surface area contributed by atoms with E-state index in [0.29, 0.717) is 11.4 Å². The summed E-state index contributed by atoms with van der Waals surface area (Å²) >= 11 is 0. The van der Waals surface area contributed by atoms with Gasteiger partial charge in [0.2, 0.25) is 0 Å². The zero-order valence-electron chi connectivity index (χ0n) is 17.0. The van der Waals surface area contributed by atoms with Crippen LogP contribution in [0.4, 0.5) is 13.2 Å². The van der Waals surface area contributed by atoms with Crippen LogP contribution in [0.5, 0.6) is 0 Å². The summed E-state index contributed by atoms with van der Waals surface area (Å²) in [6.07, 6.45) is -1.75. The second-order valence-corrected chi connectivity index (χ2v) is 7.95. The third-order valence-electron chi connectivity index (χ3n) is 5.92. The lowest BCUT2D eigenvalue weighted by Crippen LogP contribution is -2.31. The molecule has 1 aliphatic heterocycles. The van der Waals surface area contributed by atoms with E-state index in [2.05, 4.69) is 56.8 Å². The first-order valence-corrected chi connectivity index (χ1v) is 10.2. The Morgan fingerprint density at radius 3 is 2.55 bits per heavy atom. The summed E-state index contributed by atoms with van der Waals surface area (Å²) in [7, 11) is 2.09. The first-order chi connectivity index (χ1) is 14.9. The molecule has 0 unspecified atom stereocenters. The van der Waals surface area contributed by atoms with Crippen molar-refractivity contribution >= 4 is 10.9 Å². The fourth-order valence-corrected chi connectivity index (χ4v) is 4.18. The maximum absolute atomic E-state index is 12.8. The molecule has 31 heavy (non-hydrogen) atoms. The van der Waals surface area contributed by atoms with Gasteiger partial charge in [0.1, 0.15) is 0 Å². The summed E-state index contributed by atoms with van der Waals surface area (Å²) in [5, 5.41) is 1.24. The smallest absolute Gasteiger partial charge is 0.346 e. The van der Waals surface area contributed by atoms with Crippen molar-refractivity contribution in [3.63, 3.8) is 0 Å². The highest BCUT2D eigenvalue weighted by molar-refractivity contribution is 5.81. The predicted octanol–water partition coefficient (Wildman–Crippen LogP) is 5.21. The number of hydrogen-bond donors (Lipinski definition) is 0. The Bertz CT molecular complexity index is 1240. The quantitative estimate of drug-likeness (QED) is 0.454. The second-order valence-electron chi connectivity index (χ2n) is 7.95. The number of hydrogen-bond acceptors (Lipinski definition) is 3. The molecule has 0 spiro atoms. The lowest BCUT2D eigenvalue weighted by atomic mass is 10.1. The van der Waals surface area contributed by atoms with Gasteiger partial charge in [-0.25, -0.2) is 9.97 Å². The van der Waals surface area contributed by atoms with Gasteiger partial charge in [0.15, 0.2) is 5.82 Å². The van der Waals surface area contributed by atoms with Crippen LogP contribution >= 0.6 is 0 Å². The van der Waals surface area contributed by atoms with Gasteiger partial charge in [-0.15, -0.1) is 0 Å². The van der Waals surface area contributed by atoms with Crippen molar-refractivity contribution < 1.29 is 13.2 Å². The molecule has 0 bridgehead atoms. The first-order valence-electron chi connectivity index (χ1n) is 10.2. The standard InChI is InChI=1S/C24H21F3N4/c1-30-20(12-17-4-2-3-5-22(17)30)15-31-11-10-21-18(14-31)13-28-23(29-21)16-6-8-19(9-7-16)24(25,26)27/h2-9,12-13H,10-11,14-15H2,1H3. The molecule has 2 aromatic heterocycles. The summed E-state index contributed by atoms with van der Waals surface area (Å²) in [4.78, 5) is 11.4. The van der Waals surface area contributed by atoms with Crippen LogP contribution in [0.15, 0.2) is 60.8 Å². The van der Waals surface area contributed by atoms with E-state index in [1.807, 2.05) is 6.20 Å². The normalized spacial score (nSPS) is 14.7. The molecule has 3 heterocycles. The zero-order chi connectivity index (χ0) is 21.6. The average molecular weight is 422 g/mol. The van der Waals surface area contributed by atoms with Gasteiger partial charge in [0.25, 0.3) is 0 Å². The number of nitrogens with zero attached hydrogens (tertiary/aromatic N) is 4. The molecule has 1 aliphatic rings. The summed E-state index contributed by atoms with van der Waals surface area (Å²) in [6, 6.07) is 15.6. The molecule has 0 fully saturated rings. The Hall–Kier alpha value is -3.19. The van der Waals surface area contributed by atoms with Crippen LogP contribution < -0.4 is 0 Å². The van der Waals surface area contributed by atoms with Gasteiger partial charge < -0.3 is 4.57 Å². The molecule has 0 saturated carbocycles. The molecular weight excluding hydrogens is 401 g/mol. The van der Waals surface area contributed by atoms with Gasteiger partial charge in [0.05, 0.1) is 11.3 Å². The second kappa shape index (κ2) is 7.50. The fraction of sp³-hybridized carbons (Fsp3) is 0.250. The van der Waals surface area contributed by atoms with E-state index in [1.165, 1.54) is 28.7 Å². The molecular formula is C24H21F3N4. The van der Waals surface area contributed by atoms with Crippen molar-refractivity contribution in [2.75, 3.05) is 6.54 Å². The summed E-state index contributed by atoms with van der Waals surface area (Å²) < 4.78 is 40.6. The van der Waals surface area contributed by atoms with Crippen molar-refractivity contribution in [2.45, 2.75) is 25.7 Å². The molecule has 7 heteroatoms. The topological polar surface area (TPSA) is 34.0 Å². The molecule has 0 radical (unpaired) electrons. The maximum atomic E-state index is 12.8. The Morgan fingerprint density at radius 1 is 1.03 bits per heavy atom. The van der Waals surface area contributed by atoms with Crippen molar-refractivity contribution in [3.8, 4) is 11.4 Å². The Balaban J connectivity index is 1.33. The molecule has 0 atom stereocenters. The molecule has 0 aliphatic carbocycles. The van der Waals surface area contributed by atoms with Crippen LogP contribution in [0.3, 0.4) is 0 Å². The van der Waals surface area contributed by atoms with E-state index in [-0.39, 0.29) is 0 Å². The Morgan fingerprint density at radius 2 is 1.81 bits per heavy atom. The Labute approximate surface area is 178 Å². The van der Waals surface area contributed by atoms with Crippen LogP contribution in [-0.4, -0.2) is 26.0 Å². The van der Waals surface area contributed by atoms with Crippen molar-refractivity contribution in [1.29, 1.82) is 0 Å².